The molecule has 2 saturated heterocycles. The molecule has 2 aliphatic rings. The second kappa shape index (κ2) is 10.4. The van der Waals surface area contributed by atoms with Crippen LogP contribution in [0.5, 0.6) is 0 Å². The van der Waals surface area contributed by atoms with Crippen molar-refractivity contribution in [2.75, 3.05) is 52.5 Å². The highest BCUT2D eigenvalue weighted by Gasteiger charge is 2.24. The minimum absolute atomic E-state index is 0.180. The Kier molecular flexibility index (Phi) is 7.92. The first kappa shape index (κ1) is 19.8. The highest BCUT2D eigenvalue weighted by atomic mass is 79.9. The lowest BCUT2D eigenvalue weighted by Gasteiger charge is -2.31. The zero-order valence-electron chi connectivity index (χ0n) is 15.5. The fraction of sp³-hybridized carbons (Fsp3) is 0.650. The average Bonchev–Trinajstić information content (AvgIpc) is 2.68. The van der Waals surface area contributed by atoms with Crippen molar-refractivity contribution >= 4 is 21.8 Å². The molecule has 6 heteroatoms. The molecule has 144 valence electrons. The fourth-order valence-electron chi connectivity index (χ4n) is 3.68. The molecule has 0 saturated carbocycles. The molecule has 0 radical (unpaired) electrons. The van der Waals surface area contributed by atoms with Crippen molar-refractivity contribution in [2.24, 2.45) is 5.92 Å². The van der Waals surface area contributed by atoms with E-state index in [1.54, 1.807) is 0 Å². The van der Waals surface area contributed by atoms with E-state index < -0.39 is 0 Å². The smallest absolute Gasteiger partial charge is 0.223 e. The molecule has 1 aromatic rings. The van der Waals surface area contributed by atoms with E-state index in [9.17, 15) is 4.79 Å². The summed E-state index contributed by atoms with van der Waals surface area (Å²) in [5.41, 5.74) is 1.33. The largest absolute Gasteiger partial charge is 0.379 e. The van der Waals surface area contributed by atoms with Gasteiger partial charge in [-0.25, -0.2) is 0 Å². The molecule has 0 aliphatic carbocycles. The summed E-state index contributed by atoms with van der Waals surface area (Å²) in [5, 5.41) is 3.14. The minimum Gasteiger partial charge on any atom is -0.379 e. The zero-order chi connectivity index (χ0) is 18.2. The minimum atomic E-state index is 0.180. The molecular formula is C20H30BrN3O2. The molecular weight excluding hydrogens is 394 g/mol. The van der Waals surface area contributed by atoms with Gasteiger partial charge in [-0.3, -0.25) is 14.6 Å². The lowest BCUT2D eigenvalue weighted by atomic mass is 9.95. The number of carbonyl (C=O) groups excluding carboxylic acids is 1. The summed E-state index contributed by atoms with van der Waals surface area (Å²) < 4.78 is 6.47. The molecule has 1 N–H and O–H groups in total. The quantitative estimate of drug-likeness (QED) is 0.684. The predicted octanol–water partition coefficient (Wildman–Crippen LogP) is 2.50. The lowest BCUT2D eigenvalue weighted by molar-refractivity contribution is -0.126. The van der Waals surface area contributed by atoms with Crippen molar-refractivity contribution in [3.63, 3.8) is 0 Å². The van der Waals surface area contributed by atoms with Crippen molar-refractivity contribution in [3.8, 4) is 0 Å². The van der Waals surface area contributed by atoms with E-state index in [4.69, 9.17) is 4.74 Å². The van der Waals surface area contributed by atoms with Crippen LogP contribution in [-0.2, 0) is 16.1 Å². The van der Waals surface area contributed by atoms with Crippen molar-refractivity contribution < 1.29 is 9.53 Å². The number of carbonyl (C=O) groups is 1. The van der Waals surface area contributed by atoms with E-state index in [2.05, 4.69) is 55.3 Å². The van der Waals surface area contributed by atoms with E-state index in [0.717, 1.165) is 82.8 Å². The average molecular weight is 424 g/mol. The number of hydrogen-bond acceptors (Lipinski definition) is 4. The molecule has 26 heavy (non-hydrogen) atoms. The number of likely N-dealkylation sites (tertiary alicyclic amines) is 1. The second-order valence-electron chi connectivity index (χ2n) is 7.28. The van der Waals surface area contributed by atoms with E-state index in [1.165, 1.54) is 5.56 Å². The predicted molar refractivity (Wildman–Crippen MR) is 107 cm³/mol. The van der Waals surface area contributed by atoms with Gasteiger partial charge in [0, 0.05) is 36.6 Å². The topological polar surface area (TPSA) is 44.8 Å². The van der Waals surface area contributed by atoms with E-state index in [1.807, 2.05) is 0 Å². The van der Waals surface area contributed by atoms with Crippen LogP contribution in [0.3, 0.4) is 0 Å². The summed E-state index contributed by atoms with van der Waals surface area (Å²) >= 11 is 3.48. The Morgan fingerprint density at radius 3 is 2.46 bits per heavy atom. The molecule has 0 bridgehead atoms. The molecule has 0 aromatic heterocycles. The number of morpholine rings is 1. The van der Waals surface area contributed by atoms with Crippen LogP contribution in [0, 0.1) is 5.92 Å². The summed E-state index contributed by atoms with van der Waals surface area (Å²) in [6.45, 7) is 8.53. The number of piperidine rings is 1. The second-order valence-corrected chi connectivity index (χ2v) is 8.19. The lowest BCUT2D eigenvalue weighted by Crippen LogP contribution is -2.41. The van der Waals surface area contributed by atoms with Gasteiger partial charge < -0.3 is 10.1 Å². The van der Waals surface area contributed by atoms with Crippen LogP contribution < -0.4 is 5.32 Å². The SMILES string of the molecule is O=C(NCCCN1CCOCC1)C1CCN(Cc2ccc(Br)cc2)CC1. The number of benzene rings is 1. The summed E-state index contributed by atoms with van der Waals surface area (Å²) in [4.78, 5) is 17.2. The van der Waals surface area contributed by atoms with E-state index >= 15 is 0 Å². The van der Waals surface area contributed by atoms with Crippen molar-refractivity contribution in [1.82, 2.24) is 15.1 Å². The molecule has 1 aromatic carbocycles. The third-order valence-electron chi connectivity index (χ3n) is 5.33. The number of hydrogen-bond donors (Lipinski definition) is 1. The van der Waals surface area contributed by atoms with Crippen molar-refractivity contribution in [2.45, 2.75) is 25.8 Å². The first-order valence-electron chi connectivity index (χ1n) is 9.75. The Hall–Kier alpha value is -0.950. The van der Waals surface area contributed by atoms with Gasteiger partial charge in [0.2, 0.25) is 5.91 Å². The molecule has 2 aliphatic heterocycles. The number of rotatable bonds is 7. The van der Waals surface area contributed by atoms with E-state index in [0.29, 0.717) is 0 Å². The molecule has 0 atom stereocenters. The Balaban J connectivity index is 1.29. The van der Waals surface area contributed by atoms with Crippen LogP contribution in [0.4, 0.5) is 0 Å². The molecule has 5 nitrogen and oxygen atoms in total. The maximum absolute atomic E-state index is 12.4. The van der Waals surface area contributed by atoms with Gasteiger partial charge >= 0.3 is 0 Å². The normalized spacial score (nSPS) is 20.2. The maximum Gasteiger partial charge on any atom is 0.223 e. The van der Waals surface area contributed by atoms with Crippen LogP contribution >= 0.6 is 15.9 Å². The number of halogens is 1. The summed E-state index contributed by atoms with van der Waals surface area (Å²) in [7, 11) is 0. The highest BCUT2D eigenvalue weighted by molar-refractivity contribution is 9.10. The molecule has 0 spiro atoms. The monoisotopic (exact) mass is 423 g/mol. The molecule has 1 amide bonds. The molecule has 2 heterocycles. The summed E-state index contributed by atoms with van der Waals surface area (Å²) in [5.74, 6) is 0.426. The van der Waals surface area contributed by atoms with Gasteiger partial charge in [0.15, 0.2) is 0 Å². The zero-order valence-corrected chi connectivity index (χ0v) is 17.0. The Labute approximate surface area is 165 Å². The molecule has 0 unspecified atom stereocenters. The van der Waals surface area contributed by atoms with Crippen LogP contribution in [0.25, 0.3) is 0 Å². The molecule has 3 rings (SSSR count). The fourth-order valence-corrected chi connectivity index (χ4v) is 3.95. The van der Waals surface area contributed by atoms with Crippen LogP contribution in [0.1, 0.15) is 24.8 Å². The van der Waals surface area contributed by atoms with Gasteiger partial charge in [0.05, 0.1) is 13.2 Å². The van der Waals surface area contributed by atoms with Gasteiger partial charge in [-0.05, 0) is 56.6 Å². The summed E-state index contributed by atoms with van der Waals surface area (Å²) in [6.07, 6.45) is 2.95. The third kappa shape index (κ3) is 6.34. The Morgan fingerprint density at radius 2 is 1.77 bits per heavy atom. The first-order valence-corrected chi connectivity index (χ1v) is 10.5. The van der Waals surface area contributed by atoms with Crippen LogP contribution in [0.15, 0.2) is 28.7 Å². The standard InChI is InChI=1S/C20H30BrN3O2/c21-19-4-2-17(3-5-19)16-24-10-6-18(7-11-24)20(25)22-8-1-9-23-12-14-26-15-13-23/h2-5,18H,1,6-16H2,(H,22,25). The number of nitrogens with zero attached hydrogens (tertiary/aromatic N) is 2. The van der Waals surface area contributed by atoms with Crippen molar-refractivity contribution in [1.29, 1.82) is 0 Å². The number of amides is 1. The van der Waals surface area contributed by atoms with Crippen LogP contribution in [-0.4, -0.2) is 68.2 Å². The molecule has 2 fully saturated rings. The Bertz CT molecular complexity index is 553. The van der Waals surface area contributed by atoms with E-state index in [-0.39, 0.29) is 11.8 Å². The van der Waals surface area contributed by atoms with Gasteiger partial charge in [0.25, 0.3) is 0 Å². The number of nitrogens with one attached hydrogen (secondary N) is 1. The first-order chi connectivity index (χ1) is 12.7. The highest BCUT2D eigenvalue weighted by Crippen LogP contribution is 2.20. The maximum atomic E-state index is 12.4. The van der Waals surface area contributed by atoms with Gasteiger partial charge in [-0.15, -0.1) is 0 Å². The van der Waals surface area contributed by atoms with Gasteiger partial charge in [-0.2, -0.15) is 0 Å². The third-order valence-corrected chi connectivity index (χ3v) is 5.86. The number of ether oxygens (including phenoxy) is 1. The summed E-state index contributed by atoms with van der Waals surface area (Å²) in [6, 6.07) is 8.51. The van der Waals surface area contributed by atoms with Gasteiger partial charge in [0.1, 0.15) is 0 Å². The van der Waals surface area contributed by atoms with Gasteiger partial charge in [-0.1, -0.05) is 28.1 Å². The Morgan fingerprint density at radius 1 is 1.08 bits per heavy atom. The van der Waals surface area contributed by atoms with Crippen molar-refractivity contribution in [3.05, 3.63) is 34.3 Å². The van der Waals surface area contributed by atoms with Crippen LogP contribution in [0.2, 0.25) is 0 Å².